The molecule has 1 N–H and O–H groups in total. The molecule has 1 unspecified atom stereocenters. The van der Waals surface area contributed by atoms with E-state index in [1.165, 1.54) is 5.54 Å². The molecule has 106 valence electrons. The summed E-state index contributed by atoms with van der Waals surface area (Å²) in [5, 5.41) is 3.45. The molecule has 0 radical (unpaired) electrons. The van der Waals surface area contributed by atoms with Crippen molar-refractivity contribution in [2.45, 2.75) is 26.3 Å². The summed E-state index contributed by atoms with van der Waals surface area (Å²) in [6.07, 6.45) is 2.86. The van der Waals surface area contributed by atoms with Crippen molar-refractivity contribution in [3.63, 3.8) is 0 Å². The molecule has 1 rings (SSSR count). The summed E-state index contributed by atoms with van der Waals surface area (Å²) in [6.45, 7) is 5.70. The van der Waals surface area contributed by atoms with Gasteiger partial charge >= 0.3 is 0 Å². The summed E-state index contributed by atoms with van der Waals surface area (Å²) in [5.41, 5.74) is 2.58. The summed E-state index contributed by atoms with van der Waals surface area (Å²) in [4.78, 5) is 0. The standard InChI is InChI=1S/C15H22ClNO2/c1-4-9-17-12(2)14-7-6-13(18-3)11-15(14)19-10-5-8-16/h5-8,11-12,17H,4,9-10H2,1-3H3/b8-5+. The number of hydrogen-bond acceptors (Lipinski definition) is 3. The number of hydrogen-bond donors (Lipinski definition) is 1. The van der Waals surface area contributed by atoms with Crippen LogP contribution in [0.5, 0.6) is 11.5 Å². The van der Waals surface area contributed by atoms with Crippen LogP contribution in [0.15, 0.2) is 29.8 Å². The van der Waals surface area contributed by atoms with E-state index in [4.69, 9.17) is 21.1 Å². The lowest BCUT2D eigenvalue weighted by atomic mass is 10.1. The van der Waals surface area contributed by atoms with Crippen molar-refractivity contribution in [1.82, 2.24) is 5.32 Å². The maximum absolute atomic E-state index is 5.73. The Morgan fingerprint density at radius 3 is 2.84 bits per heavy atom. The number of ether oxygens (including phenoxy) is 2. The molecule has 0 aromatic heterocycles. The van der Waals surface area contributed by atoms with Gasteiger partial charge in [-0.3, -0.25) is 0 Å². The van der Waals surface area contributed by atoms with Gasteiger partial charge < -0.3 is 14.8 Å². The summed E-state index contributed by atoms with van der Waals surface area (Å²) in [6, 6.07) is 6.12. The molecular formula is C15H22ClNO2. The SMILES string of the molecule is CCCNC(C)c1ccc(OC)cc1OC/C=C/Cl. The molecule has 0 heterocycles. The molecule has 3 nitrogen and oxygen atoms in total. The highest BCUT2D eigenvalue weighted by Crippen LogP contribution is 2.29. The molecular weight excluding hydrogens is 262 g/mol. The van der Waals surface area contributed by atoms with Gasteiger partial charge in [-0.05, 0) is 32.0 Å². The highest BCUT2D eigenvalue weighted by atomic mass is 35.5. The lowest BCUT2D eigenvalue weighted by Gasteiger charge is -2.18. The smallest absolute Gasteiger partial charge is 0.128 e. The fourth-order valence-corrected chi connectivity index (χ4v) is 1.84. The van der Waals surface area contributed by atoms with Crippen LogP contribution in [0.1, 0.15) is 31.9 Å². The van der Waals surface area contributed by atoms with Crippen LogP contribution in [0.25, 0.3) is 0 Å². The fraction of sp³-hybridized carbons (Fsp3) is 0.467. The van der Waals surface area contributed by atoms with Crippen molar-refractivity contribution in [2.24, 2.45) is 0 Å². The Balaban J connectivity index is 2.87. The molecule has 1 atom stereocenters. The Morgan fingerprint density at radius 2 is 2.21 bits per heavy atom. The predicted octanol–water partition coefficient (Wildman–Crippen LogP) is 3.89. The van der Waals surface area contributed by atoms with Gasteiger partial charge in [0.1, 0.15) is 18.1 Å². The van der Waals surface area contributed by atoms with Crippen molar-refractivity contribution in [3.05, 3.63) is 35.4 Å². The number of halogens is 1. The average Bonchev–Trinajstić information content (AvgIpc) is 2.44. The highest BCUT2D eigenvalue weighted by molar-refractivity contribution is 6.25. The molecule has 19 heavy (non-hydrogen) atoms. The maximum atomic E-state index is 5.73. The Hall–Kier alpha value is -1.19. The monoisotopic (exact) mass is 283 g/mol. The van der Waals surface area contributed by atoms with Crippen molar-refractivity contribution in [2.75, 3.05) is 20.3 Å². The third-order valence-corrected chi connectivity index (χ3v) is 2.99. The van der Waals surface area contributed by atoms with Gasteiger partial charge in [0, 0.05) is 23.2 Å². The minimum absolute atomic E-state index is 0.237. The van der Waals surface area contributed by atoms with Crippen LogP contribution in [0, 0.1) is 0 Å². The van der Waals surface area contributed by atoms with Crippen LogP contribution in [0.4, 0.5) is 0 Å². The molecule has 0 aliphatic heterocycles. The first-order valence-electron chi connectivity index (χ1n) is 6.52. The van der Waals surface area contributed by atoms with Crippen molar-refractivity contribution >= 4 is 11.6 Å². The van der Waals surface area contributed by atoms with E-state index in [1.807, 2.05) is 18.2 Å². The molecule has 0 amide bonds. The molecule has 0 aliphatic rings. The average molecular weight is 284 g/mol. The Labute approximate surface area is 120 Å². The first-order chi connectivity index (χ1) is 9.22. The molecule has 1 aromatic rings. The number of benzene rings is 1. The molecule has 0 saturated carbocycles. The normalized spacial score (nSPS) is 12.6. The van der Waals surface area contributed by atoms with E-state index in [0.29, 0.717) is 6.61 Å². The van der Waals surface area contributed by atoms with Gasteiger partial charge in [-0.15, -0.1) is 0 Å². The van der Waals surface area contributed by atoms with Crippen LogP contribution < -0.4 is 14.8 Å². The van der Waals surface area contributed by atoms with E-state index in [0.717, 1.165) is 30.0 Å². The van der Waals surface area contributed by atoms with Gasteiger partial charge in [0.25, 0.3) is 0 Å². The van der Waals surface area contributed by atoms with E-state index < -0.39 is 0 Å². The summed E-state index contributed by atoms with van der Waals surface area (Å²) >= 11 is 5.50. The van der Waals surface area contributed by atoms with Gasteiger partial charge in [0.15, 0.2) is 0 Å². The predicted molar refractivity (Wildman–Crippen MR) is 80.2 cm³/mol. The van der Waals surface area contributed by atoms with Gasteiger partial charge in [-0.25, -0.2) is 0 Å². The van der Waals surface area contributed by atoms with E-state index in [9.17, 15) is 0 Å². The van der Waals surface area contributed by atoms with Crippen LogP contribution >= 0.6 is 11.6 Å². The molecule has 4 heteroatoms. The molecule has 1 aromatic carbocycles. The minimum Gasteiger partial charge on any atom is -0.497 e. The van der Waals surface area contributed by atoms with Crippen molar-refractivity contribution in [1.29, 1.82) is 0 Å². The van der Waals surface area contributed by atoms with E-state index >= 15 is 0 Å². The Bertz CT molecular complexity index is 407. The lowest BCUT2D eigenvalue weighted by Crippen LogP contribution is -2.20. The summed E-state index contributed by atoms with van der Waals surface area (Å²) in [7, 11) is 1.65. The van der Waals surface area contributed by atoms with Crippen LogP contribution in [-0.2, 0) is 0 Å². The molecule has 0 aliphatic carbocycles. The van der Waals surface area contributed by atoms with E-state index in [1.54, 1.807) is 13.2 Å². The zero-order valence-corrected chi connectivity index (χ0v) is 12.5. The third-order valence-electron chi connectivity index (χ3n) is 2.81. The first kappa shape index (κ1) is 15.9. The van der Waals surface area contributed by atoms with Crippen LogP contribution in [-0.4, -0.2) is 20.3 Å². The van der Waals surface area contributed by atoms with Gasteiger partial charge in [0.05, 0.1) is 7.11 Å². The summed E-state index contributed by atoms with van der Waals surface area (Å²) < 4.78 is 11.0. The quantitative estimate of drug-likeness (QED) is 0.785. The molecule has 0 bridgehead atoms. The van der Waals surface area contributed by atoms with Gasteiger partial charge in [-0.1, -0.05) is 24.6 Å². The van der Waals surface area contributed by atoms with Gasteiger partial charge in [-0.2, -0.15) is 0 Å². The zero-order valence-electron chi connectivity index (χ0n) is 11.8. The number of rotatable bonds is 8. The molecule has 0 saturated heterocycles. The van der Waals surface area contributed by atoms with E-state index in [-0.39, 0.29) is 6.04 Å². The first-order valence-corrected chi connectivity index (χ1v) is 6.95. The second-order valence-corrected chi connectivity index (χ2v) is 4.50. The zero-order chi connectivity index (χ0) is 14.1. The molecule has 0 spiro atoms. The maximum Gasteiger partial charge on any atom is 0.128 e. The topological polar surface area (TPSA) is 30.5 Å². The van der Waals surface area contributed by atoms with E-state index in [2.05, 4.69) is 19.2 Å². The van der Waals surface area contributed by atoms with Crippen LogP contribution in [0.2, 0.25) is 0 Å². The largest absolute Gasteiger partial charge is 0.497 e. The molecule has 0 fully saturated rings. The van der Waals surface area contributed by atoms with Crippen LogP contribution in [0.3, 0.4) is 0 Å². The Kier molecular flexibility index (Phi) is 7.38. The fourth-order valence-electron chi connectivity index (χ4n) is 1.77. The third kappa shape index (κ3) is 5.13. The second kappa shape index (κ2) is 8.83. The number of methoxy groups -OCH3 is 1. The highest BCUT2D eigenvalue weighted by Gasteiger charge is 2.12. The second-order valence-electron chi connectivity index (χ2n) is 4.25. The minimum atomic E-state index is 0.237. The van der Waals surface area contributed by atoms with Crippen molar-refractivity contribution < 1.29 is 9.47 Å². The van der Waals surface area contributed by atoms with Crippen molar-refractivity contribution in [3.8, 4) is 11.5 Å². The lowest BCUT2D eigenvalue weighted by molar-refractivity contribution is 0.348. The van der Waals surface area contributed by atoms with Gasteiger partial charge in [0.2, 0.25) is 0 Å². The summed E-state index contributed by atoms with van der Waals surface area (Å²) in [5.74, 6) is 1.61. The Morgan fingerprint density at radius 1 is 1.42 bits per heavy atom. The number of nitrogens with one attached hydrogen (secondary N) is 1.